The molecule has 0 N–H and O–H groups in total. The van der Waals surface area contributed by atoms with Crippen molar-refractivity contribution in [3.8, 4) is 17.1 Å². The summed E-state index contributed by atoms with van der Waals surface area (Å²) in [7, 11) is 0. The molecule has 31 heavy (non-hydrogen) atoms. The maximum absolute atomic E-state index is 12.0. The molecule has 0 bridgehead atoms. The van der Waals surface area contributed by atoms with Gasteiger partial charge in [0.2, 0.25) is 0 Å². The number of benzene rings is 3. The van der Waals surface area contributed by atoms with E-state index in [-0.39, 0.29) is 11.7 Å². The number of carbonyl (C=O) groups is 1. The number of fused-ring (bicyclic) bond motifs is 1. The van der Waals surface area contributed by atoms with Crippen LogP contribution in [-0.2, 0) is 9.53 Å². The number of nitrogens with zero attached hydrogens (tertiary/aromatic N) is 3. The van der Waals surface area contributed by atoms with Gasteiger partial charge in [-0.25, -0.2) is 0 Å². The second-order valence-corrected chi connectivity index (χ2v) is 8.54. The molecule has 0 amide bonds. The molecule has 1 fully saturated rings. The van der Waals surface area contributed by atoms with E-state index in [9.17, 15) is 4.79 Å². The summed E-state index contributed by atoms with van der Waals surface area (Å²) in [6.45, 7) is 2.18. The Labute approximate surface area is 185 Å². The quantitative estimate of drug-likeness (QED) is 0.282. The van der Waals surface area contributed by atoms with E-state index in [1.807, 2.05) is 37.3 Å². The third-order valence-electron chi connectivity index (χ3n) is 5.48. The molecule has 1 aliphatic carbocycles. The van der Waals surface area contributed by atoms with E-state index < -0.39 is 0 Å². The number of esters is 1. The SMILES string of the molecule is CCOC(=O)CSc1nnc(-c2ccccc2)n1-c1ccc(C2CC2)c2ccccc12. The Balaban J connectivity index is 1.66. The van der Waals surface area contributed by atoms with Crippen LogP contribution >= 0.6 is 11.8 Å². The number of hydrogen-bond acceptors (Lipinski definition) is 5. The molecule has 5 rings (SSSR count). The lowest BCUT2D eigenvalue weighted by Gasteiger charge is -2.15. The van der Waals surface area contributed by atoms with Gasteiger partial charge in [0.05, 0.1) is 18.0 Å². The fraction of sp³-hybridized carbons (Fsp3) is 0.240. The molecule has 4 aromatic rings. The monoisotopic (exact) mass is 429 g/mol. The molecule has 0 saturated heterocycles. The van der Waals surface area contributed by atoms with Gasteiger partial charge in [-0.2, -0.15) is 0 Å². The normalized spacial score (nSPS) is 13.5. The lowest BCUT2D eigenvalue weighted by Crippen LogP contribution is -2.08. The van der Waals surface area contributed by atoms with Gasteiger partial charge in [0.1, 0.15) is 0 Å². The fourth-order valence-electron chi connectivity index (χ4n) is 3.93. The van der Waals surface area contributed by atoms with Crippen molar-refractivity contribution in [1.29, 1.82) is 0 Å². The van der Waals surface area contributed by atoms with E-state index in [0.717, 1.165) is 17.1 Å². The molecule has 0 radical (unpaired) electrons. The van der Waals surface area contributed by atoms with E-state index in [0.29, 0.717) is 17.7 Å². The van der Waals surface area contributed by atoms with Crippen molar-refractivity contribution in [2.24, 2.45) is 0 Å². The molecule has 0 unspecified atom stereocenters. The highest BCUT2D eigenvalue weighted by atomic mass is 32.2. The molecule has 3 aromatic carbocycles. The van der Waals surface area contributed by atoms with E-state index in [4.69, 9.17) is 4.74 Å². The van der Waals surface area contributed by atoms with Crippen LogP contribution in [0.5, 0.6) is 0 Å². The predicted molar refractivity (Wildman–Crippen MR) is 124 cm³/mol. The van der Waals surface area contributed by atoms with Gasteiger partial charge in [-0.1, -0.05) is 72.4 Å². The summed E-state index contributed by atoms with van der Waals surface area (Å²) in [6, 6.07) is 23.0. The van der Waals surface area contributed by atoms with Crippen LogP contribution < -0.4 is 0 Å². The second-order valence-electron chi connectivity index (χ2n) is 7.60. The molecule has 5 nitrogen and oxygen atoms in total. The maximum Gasteiger partial charge on any atom is 0.316 e. The van der Waals surface area contributed by atoms with Gasteiger partial charge in [0.15, 0.2) is 11.0 Å². The first-order chi connectivity index (χ1) is 15.3. The molecule has 1 aromatic heterocycles. The Bertz CT molecular complexity index is 1230. The van der Waals surface area contributed by atoms with Gasteiger partial charge in [0, 0.05) is 10.9 Å². The molecule has 1 saturated carbocycles. The van der Waals surface area contributed by atoms with Crippen LogP contribution in [0, 0.1) is 0 Å². The summed E-state index contributed by atoms with van der Waals surface area (Å²) < 4.78 is 7.17. The van der Waals surface area contributed by atoms with Crippen molar-refractivity contribution >= 4 is 28.5 Å². The Kier molecular flexibility index (Phi) is 5.47. The molecule has 156 valence electrons. The molecule has 1 aliphatic rings. The highest BCUT2D eigenvalue weighted by Gasteiger charge is 2.27. The average molecular weight is 430 g/mol. The third-order valence-corrected chi connectivity index (χ3v) is 6.39. The van der Waals surface area contributed by atoms with Crippen LogP contribution in [0.3, 0.4) is 0 Å². The molecule has 0 atom stereocenters. The zero-order valence-electron chi connectivity index (χ0n) is 17.3. The van der Waals surface area contributed by atoms with Gasteiger partial charge in [-0.3, -0.25) is 9.36 Å². The highest BCUT2D eigenvalue weighted by Crippen LogP contribution is 2.44. The number of thioether (sulfide) groups is 1. The maximum atomic E-state index is 12.0. The molecule has 6 heteroatoms. The predicted octanol–water partition coefficient (Wildman–Crippen LogP) is 5.62. The Morgan fingerprint density at radius 1 is 1.00 bits per heavy atom. The molecule has 0 aliphatic heterocycles. The minimum Gasteiger partial charge on any atom is -0.465 e. The van der Waals surface area contributed by atoms with Gasteiger partial charge in [0.25, 0.3) is 0 Å². The molecular weight excluding hydrogens is 406 g/mol. The number of carbonyl (C=O) groups excluding carboxylic acids is 1. The van der Waals surface area contributed by atoms with Crippen molar-refractivity contribution in [3.63, 3.8) is 0 Å². The smallest absolute Gasteiger partial charge is 0.316 e. The summed E-state index contributed by atoms with van der Waals surface area (Å²) >= 11 is 1.35. The molecular formula is C25H23N3O2S. The molecule has 1 heterocycles. The summed E-state index contributed by atoms with van der Waals surface area (Å²) in [5, 5.41) is 12.1. The summed E-state index contributed by atoms with van der Waals surface area (Å²) in [4.78, 5) is 12.0. The zero-order valence-corrected chi connectivity index (χ0v) is 18.1. The van der Waals surface area contributed by atoms with Crippen molar-refractivity contribution in [1.82, 2.24) is 14.8 Å². The van der Waals surface area contributed by atoms with Gasteiger partial charge >= 0.3 is 5.97 Å². The highest BCUT2D eigenvalue weighted by molar-refractivity contribution is 7.99. The van der Waals surface area contributed by atoms with Crippen LogP contribution in [0.2, 0.25) is 0 Å². The largest absolute Gasteiger partial charge is 0.465 e. The number of rotatable bonds is 7. The average Bonchev–Trinajstić information content (AvgIpc) is 3.57. The minimum absolute atomic E-state index is 0.193. The number of ether oxygens (including phenoxy) is 1. The van der Waals surface area contributed by atoms with Gasteiger partial charge in [-0.05, 0) is 42.7 Å². The summed E-state index contributed by atoms with van der Waals surface area (Å²) in [5.41, 5.74) is 3.41. The van der Waals surface area contributed by atoms with E-state index in [2.05, 4.69) is 51.2 Å². The number of aromatic nitrogens is 3. The van der Waals surface area contributed by atoms with E-state index in [1.54, 1.807) is 0 Å². The minimum atomic E-state index is -0.253. The topological polar surface area (TPSA) is 57.0 Å². The van der Waals surface area contributed by atoms with Crippen LogP contribution in [0.1, 0.15) is 31.2 Å². The fourth-order valence-corrected chi connectivity index (χ4v) is 4.68. The van der Waals surface area contributed by atoms with Crippen molar-refractivity contribution < 1.29 is 9.53 Å². The van der Waals surface area contributed by atoms with E-state index >= 15 is 0 Å². The summed E-state index contributed by atoms with van der Waals surface area (Å²) in [5.74, 6) is 1.36. The zero-order chi connectivity index (χ0) is 21.2. The van der Waals surface area contributed by atoms with Crippen LogP contribution in [0.15, 0.2) is 71.9 Å². The first kappa shape index (κ1) is 19.8. The lowest BCUT2D eigenvalue weighted by atomic mass is 9.99. The van der Waals surface area contributed by atoms with Crippen molar-refractivity contribution in [2.45, 2.75) is 30.8 Å². The van der Waals surface area contributed by atoms with E-state index in [1.165, 1.54) is 40.9 Å². The second kappa shape index (κ2) is 8.55. The Morgan fingerprint density at radius 2 is 1.74 bits per heavy atom. The Morgan fingerprint density at radius 3 is 2.48 bits per heavy atom. The van der Waals surface area contributed by atoms with Crippen molar-refractivity contribution in [3.05, 3.63) is 72.3 Å². The first-order valence-electron chi connectivity index (χ1n) is 10.6. The van der Waals surface area contributed by atoms with Crippen LogP contribution in [0.4, 0.5) is 0 Å². The van der Waals surface area contributed by atoms with Crippen molar-refractivity contribution in [2.75, 3.05) is 12.4 Å². The van der Waals surface area contributed by atoms with Gasteiger partial charge in [-0.15, -0.1) is 10.2 Å². The standard InChI is InChI=1S/C25H23N3O2S/c1-2-30-23(29)16-31-25-27-26-24(18-8-4-3-5-9-18)28(25)22-15-14-19(17-12-13-17)20-10-6-7-11-21(20)22/h3-11,14-15,17H,2,12-13,16H2,1H3. The first-order valence-corrected chi connectivity index (χ1v) is 11.6. The molecule has 0 spiro atoms. The van der Waals surface area contributed by atoms with Gasteiger partial charge < -0.3 is 4.74 Å². The number of hydrogen-bond donors (Lipinski definition) is 0. The summed E-state index contributed by atoms with van der Waals surface area (Å²) in [6.07, 6.45) is 2.51. The van der Waals surface area contributed by atoms with Crippen LogP contribution in [0.25, 0.3) is 27.8 Å². The lowest BCUT2D eigenvalue weighted by molar-refractivity contribution is -0.139. The Hall–Kier alpha value is -3.12. The van der Waals surface area contributed by atoms with Crippen LogP contribution in [-0.4, -0.2) is 33.1 Å². The third kappa shape index (κ3) is 3.95.